The summed E-state index contributed by atoms with van der Waals surface area (Å²) in [5.74, 6) is 1.93. The molecule has 2 nitrogen and oxygen atoms in total. The van der Waals surface area contributed by atoms with Crippen LogP contribution in [-0.2, 0) is 0 Å². The second kappa shape index (κ2) is 5.31. The zero-order chi connectivity index (χ0) is 10.7. The van der Waals surface area contributed by atoms with Crippen LogP contribution >= 0.6 is 0 Å². The summed E-state index contributed by atoms with van der Waals surface area (Å²) in [6.07, 6.45) is 6.95. The van der Waals surface area contributed by atoms with Gasteiger partial charge < -0.3 is 10.6 Å². The Hall–Kier alpha value is -0.0800. The summed E-state index contributed by atoms with van der Waals surface area (Å²) in [6, 6.07) is 1.60. The predicted molar refractivity (Wildman–Crippen MR) is 65.0 cm³/mol. The summed E-state index contributed by atoms with van der Waals surface area (Å²) in [6.45, 7) is 7.08. The maximum atomic E-state index is 3.75. The lowest BCUT2D eigenvalue weighted by Crippen LogP contribution is -2.39. The molecule has 2 N–H and O–H groups in total. The van der Waals surface area contributed by atoms with E-state index in [1.165, 1.54) is 45.2 Å². The molecule has 0 aromatic rings. The van der Waals surface area contributed by atoms with Gasteiger partial charge in [-0.3, -0.25) is 0 Å². The van der Waals surface area contributed by atoms with E-state index in [2.05, 4.69) is 24.5 Å². The average Bonchev–Trinajstić information content (AvgIpc) is 2.95. The van der Waals surface area contributed by atoms with Crippen LogP contribution in [0.4, 0.5) is 0 Å². The molecular weight excluding hydrogens is 184 g/mol. The molecule has 2 rings (SSSR count). The molecule has 0 radical (unpaired) electrons. The van der Waals surface area contributed by atoms with E-state index in [9.17, 15) is 0 Å². The van der Waals surface area contributed by atoms with Gasteiger partial charge in [-0.25, -0.2) is 0 Å². The van der Waals surface area contributed by atoms with Crippen molar-refractivity contribution in [2.24, 2.45) is 11.8 Å². The molecule has 0 aromatic heterocycles. The topological polar surface area (TPSA) is 24.1 Å². The normalized spacial score (nSPS) is 40.4. The predicted octanol–water partition coefficient (Wildman–Crippen LogP) is 2.15. The second-order valence-electron chi connectivity index (χ2n) is 5.54. The first-order chi connectivity index (χ1) is 7.29. The Kier molecular flexibility index (Phi) is 4.04. The van der Waals surface area contributed by atoms with Crippen LogP contribution in [0.5, 0.6) is 0 Å². The molecule has 1 heterocycles. The molecule has 0 bridgehead atoms. The smallest absolute Gasteiger partial charge is 0.00992 e. The lowest BCUT2D eigenvalue weighted by molar-refractivity contribution is 0.302. The average molecular weight is 210 g/mol. The lowest BCUT2D eigenvalue weighted by Gasteiger charge is -2.28. The van der Waals surface area contributed by atoms with E-state index in [1.807, 2.05) is 0 Å². The molecule has 0 amide bonds. The molecule has 1 saturated heterocycles. The highest BCUT2D eigenvalue weighted by atomic mass is 15.0. The van der Waals surface area contributed by atoms with Crippen LogP contribution in [0.2, 0.25) is 0 Å². The maximum Gasteiger partial charge on any atom is 0.00992 e. The highest BCUT2D eigenvalue weighted by Crippen LogP contribution is 2.34. The van der Waals surface area contributed by atoms with Gasteiger partial charge in [0.25, 0.3) is 0 Å². The molecule has 1 aliphatic carbocycles. The summed E-state index contributed by atoms with van der Waals surface area (Å²) >= 11 is 0. The Morgan fingerprint density at radius 1 is 1.33 bits per heavy atom. The fourth-order valence-corrected chi connectivity index (χ4v) is 2.93. The van der Waals surface area contributed by atoms with Crippen molar-refractivity contribution in [3.8, 4) is 0 Å². The monoisotopic (exact) mass is 210 g/mol. The Labute approximate surface area is 94.2 Å². The minimum absolute atomic E-state index is 0.733. The lowest BCUT2D eigenvalue weighted by atomic mass is 9.93. The molecule has 2 fully saturated rings. The van der Waals surface area contributed by atoms with Gasteiger partial charge in [0.15, 0.2) is 0 Å². The minimum Gasteiger partial charge on any atom is -0.314 e. The summed E-state index contributed by atoms with van der Waals surface area (Å²) in [5.41, 5.74) is 0. The van der Waals surface area contributed by atoms with Gasteiger partial charge >= 0.3 is 0 Å². The van der Waals surface area contributed by atoms with Crippen LogP contribution in [0.1, 0.15) is 46.0 Å². The van der Waals surface area contributed by atoms with Crippen LogP contribution < -0.4 is 10.6 Å². The first-order valence-electron chi connectivity index (χ1n) is 6.76. The fraction of sp³-hybridized carbons (Fsp3) is 1.00. The number of nitrogens with one attached hydrogen (secondary N) is 2. The van der Waals surface area contributed by atoms with E-state index in [4.69, 9.17) is 0 Å². The molecule has 1 saturated carbocycles. The van der Waals surface area contributed by atoms with Crippen molar-refractivity contribution in [3.05, 3.63) is 0 Å². The van der Waals surface area contributed by atoms with Crippen molar-refractivity contribution in [3.63, 3.8) is 0 Å². The van der Waals surface area contributed by atoms with Crippen molar-refractivity contribution < 1.29 is 0 Å². The van der Waals surface area contributed by atoms with Crippen LogP contribution in [0, 0.1) is 11.8 Å². The summed E-state index contributed by atoms with van der Waals surface area (Å²) in [4.78, 5) is 0. The highest BCUT2D eigenvalue weighted by molar-refractivity contribution is 4.93. The Bertz CT molecular complexity index is 193. The zero-order valence-electron chi connectivity index (χ0n) is 10.3. The van der Waals surface area contributed by atoms with Gasteiger partial charge in [0.1, 0.15) is 0 Å². The second-order valence-corrected chi connectivity index (χ2v) is 5.54. The number of rotatable bonds is 5. The van der Waals surface area contributed by atoms with Crippen LogP contribution in [0.25, 0.3) is 0 Å². The molecule has 4 atom stereocenters. The van der Waals surface area contributed by atoms with Gasteiger partial charge in [0.05, 0.1) is 0 Å². The number of hydrogen-bond acceptors (Lipinski definition) is 2. The third kappa shape index (κ3) is 3.46. The van der Waals surface area contributed by atoms with Gasteiger partial charge in [0, 0.05) is 12.1 Å². The van der Waals surface area contributed by atoms with Gasteiger partial charge in [-0.1, -0.05) is 13.3 Å². The van der Waals surface area contributed by atoms with Crippen molar-refractivity contribution >= 4 is 0 Å². The summed E-state index contributed by atoms with van der Waals surface area (Å²) in [7, 11) is 0. The Morgan fingerprint density at radius 2 is 2.20 bits per heavy atom. The number of hydrogen-bond donors (Lipinski definition) is 2. The highest BCUT2D eigenvalue weighted by Gasteiger charge is 2.35. The van der Waals surface area contributed by atoms with Gasteiger partial charge in [-0.15, -0.1) is 0 Å². The molecule has 2 aliphatic rings. The van der Waals surface area contributed by atoms with Crippen molar-refractivity contribution in [1.82, 2.24) is 10.6 Å². The van der Waals surface area contributed by atoms with Crippen molar-refractivity contribution in [2.75, 3.05) is 13.1 Å². The van der Waals surface area contributed by atoms with E-state index in [0.29, 0.717) is 0 Å². The van der Waals surface area contributed by atoms with Gasteiger partial charge in [-0.05, 0) is 57.5 Å². The van der Waals surface area contributed by atoms with E-state index < -0.39 is 0 Å². The van der Waals surface area contributed by atoms with Crippen LogP contribution in [0.15, 0.2) is 0 Å². The largest absolute Gasteiger partial charge is 0.314 e. The number of piperidine rings is 1. The molecule has 1 aliphatic heterocycles. The minimum atomic E-state index is 0.733. The first-order valence-corrected chi connectivity index (χ1v) is 6.76. The van der Waals surface area contributed by atoms with Gasteiger partial charge in [0.2, 0.25) is 0 Å². The molecule has 15 heavy (non-hydrogen) atoms. The SMILES string of the molecule is CCCC1CC1NCC1CCNC(C)C1. The van der Waals surface area contributed by atoms with Gasteiger partial charge in [-0.2, -0.15) is 0 Å². The Balaban J connectivity index is 1.58. The summed E-state index contributed by atoms with van der Waals surface area (Å²) < 4.78 is 0. The van der Waals surface area contributed by atoms with Crippen molar-refractivity contribution in [2.45, 2.75) is 58.0 Å². The third-order valence-electron chi connectivity index (χ3n) is 3.98. The van der Waals surface area contributed by atoms with Crippen LogP contribution in [0.3, 0.4) is 0 Å². The molecule has 0 spiro atoms. The maximum absolute atomic E-state index is 3.75. The van der Waals surface area contributed by atoms with E-state index in [1.54, 1.807) is 0 Å². The van der Waals surface area contributed by atoms with E-state index >= 15 is 0 Å². The van der Waals surface area contributed by atoms with E-state index in [0.717, 1.165) is 23.9 Å². The van der Waals surface area contributed by atoms with E-state index in [-0.39, 0.29) is 0 Å². The molecule has 4 unspecified atom stereocenters. The Morgan fingerprint density at radius 3 is 2.93 bits per heavy atom. The molecular formula is C13H26N2. The third-order valence-corrected chi connectivity index (χ3v) is 3.98. The fourth-order valence-electron chi connectivity index (χ4n) is 2.93. The summed E-state index contributed by atoms with van der Waals surface area (Å²) in [5, 5.41) is 7.27. The van der Waals surface area contributed by atoms with Crippen molar-refractivity contribution in [1.29, 1.82) is 0 Å². The standard InChI is InChI=1S/C13H26N2/c1-3-4-12-8-13(12)15-9-11-5-6-14-10(2)7-11/h10-15H,3-9H2,1-2H3. The zero-order valence-corrected chi connectivity index (χ0v) is 10.3. The first kappa shape index (κ1) is 11.4. The molecule has 0 aromatic carbocycles. The van der Waals surface area contributed by atoms with Crippen LogP contribution in [-0.4, -0.2) is 25.2 Å². The molecule has 88 valence electrons. The molecule has 2 heteroatoms. The quantitative estimate of drug-likeness (QED) is 0.726.